The predicted molar refractivity (Wildman–Crippen MR) is 86.6 cm³/mol. The van der Waals surface area contributed by atoms with Crippen LogP contribution >= 0.6 is 12.4 Å². The molecule has 0 aliphatic heterocycles. The summed E-state index contributed by atoms with van der Waals surface area (Å²) in [5.74, 6) is -0.557. The van der Waals surface area contributed by atoms with Crippen molar-refractivity contribution < 1.29 is 18.0 Å². The summed E-state index contributed by atoms with van der Waals surface area (Å²) in [5, 5.41) is 0. The number of carbonyl (C=O) groups is 1. The van der Waals surface area contributed by atoms with E-state index in [1.165, 1.54) is 0 Å². The van der Waals surface area contributed by atoms with E-state index in [2.05, 4.69) is 0 Å². The molecule has 0 aliphatic carbocycles. The number of amides is 1. The highest BCUT2D eigenvalue weighted by molar-refractivity contribution is 5.85. The second-order valence-electron chi connectivity index (χ2n) is 5.17. The molecule has 2 N–H and O–H groups in total. The zero-order valence-corrected chi connectivity index (χ0v) is 13.9. The molecule has 1 amide bonds. The third-order valence-electron chi connectivity index (χ3n) is 3.21. The molecule has 0 saturated heterocycles. The number of nitrogens with zero attached hydrogens (tertiary/aromatic N) is 2. The molecule has 0 spiro atoms. The standard InChI is InChI=1S/C15H22F3N3O.ClH/c1-20(12-15(16,17)18)14(22)11-21(10-8-19)9-7-13-5-3-2-4-6-13;/h2-6H,7-12,19H2,1H3;1H. The van der Waals surface area contributed by atoms with Gasteiger partial charge >= 0.3 is 6.18 Å². The molecular weight excluding hydrogens is 331 g/mol. The van der Waals surface area contributed by atoms with Gasteiger partial charge in [-0.15, -0.1) is 12.4 Å². The highest BCUT2D eigenvalue weighted by Gasteiger charge is 2.31. The van der Waals surface area contributed by atoms with Gasteiger partial charge in [-0.3, -0.25) is 9.69 Å². The molecular formula is C15H23ClF3N3O. The number of benzene rings is 1. The van der Waals surface area contributed by atoms with Crippen LogP contribution < -0.4 is 5.73 Å². The van der Waals surface area contributed by atoms with Crippen molar-refractivity contribution in [2.45, 2.75) is 12.6 Å². The van der Waals surface area contributed by atoms with Crippen molar-refractivity contribution in [2.24, 2.45) is 5.73 Å². The van der Waals surface area contributed by atoms with Crippen LogP contribution in [0.3, 0.4) is 0 Å². The molecule has 132 valence electrons. The van der Waals surface area contributed by atoms with Gasteiger partial charge in [0, 0.05) is 26.7 Å². The van der Waals surface area contributed by atoms with Crippen molar-refractivity contribution in [3.8, 4) is 0 Å². The maximum Gasteiger partial charge on any atom is 0.406 e. The Kier molecular flexibility index (Phi) is 9.87. The molecule has 0 aliphatic rings. The van der Waals surface area contributed by atoms with Crippen LogP contribution in [0.1, 0.15) is 5.56 Å². The lowest BCUT2D eigenvalue weighted by atomic mass is 10.1. The fraction of sp³-hybridized carbons (Fsp3) is 0.533. The van der Waals surface area contributed by atoms with Crippen molar-refractivity contribution in [3.63, 3.8) is 0 Å². The van der Waals surface area contributed by atoms with E-state index in [1.807, 2.05) is 30.3 Å². The second-order valence-corrected chi connectivity index (χ2v) is 5.17. The Morgan fingerprint density at radius 1 is 1.17 bits per heavy atom. The molecule has 1 aromatic carbocycles. The van der Waals surface area contributed by atoms with Crippen LogP contribution in [-0.2, 0) is 11.2 Å². The summed E-state index contributed by atoms with van der Waals surface area (Å²) in [6.45, 7) is 0.105. The lowest BCUT2D eigenvalue weighted by Crippen LogP contribution is -2.44. The number of rotatable bonds is 8. The normalized spacial score (nSPS) is 11.2. The van der Waals surface area contributed by atoms with Gasteiger partial charge < -0.3 is 10.6 Å². The Balaban J connectivity index is 0.00000484. The van der Waals surface area contributed by atoms with E-state index in [1.54, 1.807) is 4.90 Å². The molecule has 0 atom stereocenters. The highest BCUT2D eigenvalue weighted by Crippen LogP contribution is 2.15. The first-order valence-electron chi connectivity index (χ1n) is 7.09. The summed E-state index contributed by atoms with van der Waals surface area (Å²) < 4.78 is 36.9. The summed E-state index contributed by atoms with van der Waals surface area (Å²) in [4.78, 5) is 14.3. The SMILES string of the molecule is CN(CC(F)(F)F)C(=O)CN(CCN)CCc1ccccc1.Cl. The third-order valence-corrected chi connectivity index (χ3v) is 3.21. The first-order valence-corrected chi connectivity index (χ1v) is 7.09. The molecule has 4 nitrogen and oxygen atoms in total. The maximum absolute atomic E-state index is 12.3. The van der Waals surface area contributed by atoms with Crippen LogP contribution in [0.2, 0.25) is 0 Å². The summed E-state index contributed by atoms with van der Waals surface area (Å²) in [6.07, 6.45) is -3.66. The largest absolute Gasteiger partial charge is 0.406 e. The highest BCUT2D eigenvalue weighted by atomic mass is 35.5. The number of nitrogens with two attached hydrogens (primary N) is 1. The average Bonchev–Trinajstić information content (AvgIpc) is 2.44. The Morgan fingerprint density at radius 2 is 1.78 bits per heavy atom. The first-order chi connectivity index (χ1) is 10.3. The Hall–Kier alpha value is -1.31. The minimum Gasteiger partial charge on any atom is -0.336 e. The number of halogens is 4. The Morgan fingerprint density at radius 3 is 2.30 bits per heavy atom. The van der Waals surface area contributed by atoms with Gasteiger partial charge in [0.2, 0.25) is 5.91 Å². The molecule has 0 heterocycles. The van der Waals surface area contributed by atoms with Gasteiger partial charge in [-0.2, -0.15) is 13.2 Å². The lowest BCUT2D eigenvalue weighted by Gasteiger charge is -2.25. The van der Waals surface area contributed by atoms with Crippen molar-refractivity contribution in [2.75, 3.05) is 39.8 Å². The second kappa shape index (κ2) is 10.5. The Bertz CT molecular complexity index is 457. The van der Waals surface area contributed by atoms with E-state index in [9.17, 15) is 18.0 Å². The number of likely N-dealkylation sites (N-methyl/N-ethyl adjacent to an activating group) is 1. The molecule has 0 aromatic heterocycles. The van der Waals surface area contributed by atoms with Crippen molar-refractivity contribution in [1.82, 2.24) is 9.80 Å². The number of hydrogen-bond acceptors (Lipinski definition) is 3. The quantitative estimate of drug-likeness (QED) is 0.777. The van der Waals surface area contributed by atoms with E-state index in [4.69, 9.17) is 5.73 Å². The minimum atomic E-state index is -4.38. The monoisotopic (exact) mass is 353 g/mol. The van der Waals surface area contributed by atoms with Gasteiger partial charge in [0.25, 0.3) is 0 Å². The number of carbonyl (C=O) groups excluding carboxylic acids is 1. The molecule has 0 radical (unpaired) electrons. The van der Waals surface area contributed by atoms with Gasteiger partial charge in [0.1, 0.15) is 6.54 Å². The summed E-state index contributed by atoms with van der Waals surface area (Å²) in [7, 11) is 1.16. The Labute approximate surface area is 140 Å². The van der Waals surface area contributed by atoms with E-state index >= 15 is 0 Å². The van der Waals surface area contributed by atoms with Crippen molar-refractivity contribution in [1.29, 1.82) is 0 Å². The van der Waals surface area contributed by atoms with Crippen LogP contribution in [0, 0.1) is 0 Å². The zero-order valence-electron chi connectivity index (χ0n) is 13.1. The summed E-state index contributed by atoms with van der Waals surface area (Å²) in [5.41, 5.74) is 6.62. The van der Waals surface area contributed by atoms with E-state index in [0.29, 0.717) is 24.5 Å². The van der Waals surface area contributed by atoms with Gasteiger partial charge in [-0.1, -0.05) is 30.3 Å². The molecule has 1 rings (SSSR count). The summed E-state index contributed by atoms with van der Waals surface area (Å²) >= 11 is 0. The van der Waals surface area contributed by atoms with Crippen molar-refractivity contribution >= 4 is 18.3 Å². The molecule has 8 heteroatoms. The fourth-order valence-corrected chi connectivity index (χ4v) is 2.05. The molecule has 23 heavy (non-hydrogen) atoms. The average molecular weight is 354 g/mol. The van der Waals surface area contributed by atoms with Gasteiger partial charge in [0.15, 0.2) is 0 Å². The van der Waals surface area contributed by atoms with E-state index < -0.39 is 18.6 Å². The first kappa shape index (κ1) is 21.7. The smallest absolute Gasteiger partial charge is 0.336 e. The predicted octanol–water partition coefficient (Wildman–Crippen LogP) is 1.93. The van der Waals surface area contributed by atoms with Crippen LogP contribution in [-0.4, -0.2) is 61.7 Å². The van der Waals surface area contributed by atoms with Gasteiger partial charge in [-0.05, 0) is 12.0 Å². The van der Waals surface area contributed by atoms with Gasteiger partial charge in [-0.25, -0.2) is 0 Å². The third kappa shape index (κ3) is 9.43. The van der Waals surface area contributed by atoms with Crippen LogP contribution in [0.15, 0.2) is 30.3 Å². The maximum atomic E-state index is 12.3. The zero-order chi connectivity index (χ0) is 16.6. The van der Waals surface area contributed by atoms with E-state index in [0.717, 1.165) is 19.0 Å². The fourth-order valence-electron chi connectivity index (χ4n) is 2.05. The van der Waals surface area contributed by atoms with Crippen LogP contribution in [0.5, 0.6) is 0 Å². The van der Waals surface area contributed by atoms with Crippen LogP contribution in [0.4, 0.5) is 13.2 Å². The van der Waals surface area contributed by atoms with Gasteiger partial charge in [0.05, 0.1) is 6.54 Å². The molecule has 0 bridgehead atoms. The minimum absolute atomic E-state index is 0. The topological polar surface area (TPSA) is 49.6 Å². The van der Waals surface area contributed by atoms with E-state index in [-0.39, 0.29) is 19.0 Å². The van der Waals surface area contributed by atoms with Crippen molar-refractivity contribution in [3.05, 3.63) is 35.9 Å². The lowest BCUT2D eigenvalue weighted by molar-refractivity contribution is -0.159. The number of hydrogen-bond donors (Lipinski definition) is 1. The number of alkyl halides is 3. The summed E-state index contributed by atoms with van der Waals surface area (Å²) in [6, 6.07) is 9.70. The molecule has 0 unspecified atom stereocenters. The molecule has 0 saturated carbocycles. The molecule has 0 fully saturated rings. The van der Waals surface area contributed by atoms with Crippen LogP contribution in [0.25, 0.3) is 0 Å². The molecule has 1 aromatic rings.